The molecule has 0 aliphatic carbocycles. The van der Waals surface area contributed by atoms with Gasteiger partial charge in [-0.2, -0.15) is 0 Å². The molecule has 1 amide bonds. The summed E-state index contributed by atoms with van der Waals surface area (Å²) in [4.78, 5) is 12.3. The summed E-state index contributed by atoms with van der Waals surface area (Å²) >= 11 is 0. The van der Waals surface area contributed by atoms with E-state index in [9.17, 15) is 9.90 Å². The van der Waals surface area contributed by atoms with E-state index in [4.69, 9.17) is 0 Å². The van der Waals surface area contributed by atoms with Crippen molar-refractivity contribution in [1.82, 2.24) is 5.32 Å². The molecule has 0 radical (unpaired) electrons. The number of phenolic OH excluding ortho intramolecular Hbond substituents is 1. The van der Waals surface area contributed by atoms with E-state index < -0.39 is 0 Å². The van der Waals surface area contributed by atoms with Gasteiger partial charge in [-0.05, 0) is 31.5 Å². The molecular weight excluding hydrogens is 252 g/mol. The summed E-state index contributed by atoms with van der Waals surface area (Å²) in [5, 5.41) is 17.7. The van der Waals surface area contributed by atoms with Gasteiger partial charge in [0.25, 0.3) is 0 Å². The topological polar surface area (TPSA) is 61.4 Å². The number of nitrogens with one attached hydrogen (secondary N) is 2. The number of anilines is 1. The maximum absolute atomic E-state index is 12.3. The number of rotatable bonds is 2. The molecule has 1 fully saturated rings. The molecule has 3 N–H and O–H groups in total. The minimum atomic E-state index is -0.115. The van der Waals surface area contributed by atoms with E-state index >= 15 is 0 Å². The zero-order valence-electron chi connectivity index (χ0n) is 11.2. The highest BCUT2D eigenvalue weighted by molar-refractivity contribution is 6.05. The van der Waals surface area contributed by atoms with Crippen molar-refractivity contribution in [2.75, 3.05) is 11.9 Å². The summed E-state index contributed by atoms with van der Waals surface area (Å²) in [6, 6.07) is 10.8. The molecule has 104 valence electrons. The Labute approximate surface area is 117 Å². The van der Waals surface area contributed by atoms with E-state index in [1.807, 2.05) is 24.3 Å². The summed E-state index contributed by atoms with van der Waals surface area (Å²) < 4.78 is 0. The zero-order chi connectivity index (χ0) is 13.9. The number of fused-ring (bicyclic) bond motifs is 1. The average Bonchev–Trinajstić information content (AvgIpc) is 2.49. The van der Waals surface area contributed by atoms with Crippen LogP contribution >= 0.6 is 0 Å². The van der Waals surface area contributed by atoms with E-state index in [-0.39, 0.29) is 17.7 Å². The first kappa shape index (κ1) is 12.9. The molecular formula is C16H18N2O2. The van der Waals surface area contributed by atoms with Crippen molar-refractivity contribution in [3.8, 4) is 5.75 Å². The molecule has 0 spiro atoms. The lowest BCUT2D eigenvalue weighted by Gasteiger charge is -2.22. The van der Waals surface area contributed by atoms with Crippen LogP contribution in [0.2, 0.25) is 0 Å². The molecule has 0 aromatic heterocycles. The largest absolute Gasteiger partial charge is 0.507 e. The van der Waals surface area contributed by atoms with Crippen molar-refractivity contribution in [3.05, 3.63) is 36.4 Å². The molecule has 4 heteroatoms. The van der Waals surface area contributed by atoms with Gasteiger partial charge in [0, 0.05) is 16.5 Å². The molecule has 1 aliphatic heterocycles. The smallest absolute Gasteiger partial charge is 0.241 e. The molecule has 1 saturated heterocycles. The summed E-state index contributed by atoms with van der Waals surface area (Å²) in [6.07, 6.45) is 3.09. The average molecular weight is 270 g/mol. The fourth-order valence-corrected chi connectivity index (χ4v) is 2.70. The lowest BCUT2D eigenvalue weighted by Crippen LogP contribution is -2.43. The van der Waals surface area contributed by atoms with Gasteiger partial charge in [0.2, 0.25) is 5.91 Å². The van der Waals surface area contributed by atoms with Crippen LogP contribution in [0.3, 0.4) is 0 Å². The van der Waals surface area contributed by atoms with E-state index in [1.54, 1.807) is 12.1 Å². The highest BCUT2D eigenvalue weighted by Gasteiger charge is 2.20. The van der Waals surface area contributed by atoms with Crippen LogP contribution in [-0.2, 0) is 4.79 Å². The van der Waals surface area contributed by atoms with Crippen LogP contribution in [-0.4, -0.2) is 23.6 Å². The third-order valence-electron chi connectivity index (χ3n) is 3.78. The standard InChI is InChI=1S/C16H18N2O2/c19-15-9-4-5-11-12(15)6-3-8-13(11)18-16(20)14-7-1-2-10-17-14/h3-6,8-9,14,17,19H,1-2,7,10H2,(H,18,20). The van der Waals surface area contributed by atoms with Gasteiger partial charge < -0.3 is 15.7 Å². The molecule has 2 aromatic rings. The van der Waals surface area contributed by atoms with E-state index in [1.165, 1.54) is 0 Å². The van der Waals surface area contributed by atoms with Gasteiger partial charge in [0.05, 0.1) is 6.04 Å². The minimum Gasteiger partial charge on any atom is -0.507 e. The third-order valence-corrected chi connectivity index (χ3v) is 3.78. The van der Waals surface area contributed by atoms with Gasteiger partial charge in [0.1, 0.15) is 5.75 Å². The molecule has 0 saturated carbocycles. The van der Waals surface area contributed by atoms with Crippen molar-refractivity contribution in [3.63, 3.8) is 0 Å². The second kappa shape index (κ2) is 5.51. The molecule has 0 bridgehead atoms. The van der Waals surface area contributed by atoms with Gasteiger partial charge in [-0.3, -0.25) is 4.79 Å². The molecule has 1 heterocycles. The molecule has 3 rings (SSSR count). The Kier molecular flexibility index (Phi) is 3.56. The van der Waals surface area contributed by atoms with Crippen molar-refractivity contribution >= 4 is 22.4 Å². The Balaban J connectivity index is 1.87. The number of piperidine rings is 1. The van der Waals surface area contributed by atoms with Crippen LogP contribution in [0.15, 0.2) is 36.4 Å². The maximum atomic E-state index is 12.3. The minimum absolute atomic E-state index is 0.000503. The Morgan fingerprint density at radius 1 is 1.15 bits per heavy atom. The zero-order valence-corrected chi connectivity index (χ0v) is 11.2. The summed E-state index contributed by atoms with van der Waals surface area (Å²) in [5.41, 5.74) is 0.746. The van der Waals surface area contributed by atoms with Gasteiger partial charge in [0.15, 0.2) is 0 Å². The van der Waals surface area contributed by atoms with Crippen molar-refractivity contribution in [2.24, 2.45) is 0 Å². The normalized spacial score (nSPS) is 18.9. The maximum Gasteiger partial charge on any atom is 0.241 e. The lowest BCUT2D eigenvalue weighted by molar-refractivity contribution is -0.118. The van der Waals surface area contributed by atoms with Crippen LogP contribution in [0.1, 0.15) is 19.3 Å². The lowest BCUT2D eigenvalue weighted by atomic mass is 10.0. The van der Waals surface area contributed by atoms with Crippen molar-refractivity contribution in [1.29, 1.82) is 0 Å². The molecule has 2 aromatic carbocycles. The van der Waals surface area contributed by atoms with Gasteiger partial charge in [-0.1, -0.05) is 30.7 Å². The Morgan fingerprint density at radius 3 is 2.75 bits per heavy atom. The number of benzene rings is 2. The van der Waals surface area contributed by atoms with Crippen LogP contribution in [0, 0.1) is 0 Å². The van der Waals surface area contributed by atoms with Gasteiger partial charge in [-0.15, -0.1) is 0 Å². The summed E-state index contributed by atoms with van der Waals surface area (Å²) in [6.45, 7) is 0.897. The highest BCUT2D eigenvalue weighted by Crippen LogP contribution is 2.29. The first-order valence-corrected chi connectivity index (χ1v) is 7.00. The predicted octanol–water partition coefficient (Wildman–Crippen LogP) is 2.63. The molecule has 1 unspecified atom stereocenters. The second-order valence-electron chi connectivity index (χ2n) is 5.17. The van der Waals surface area contributed by atoms with Crippen LogP contribution in [0.25, 0.3) is 10.8 Å². The first-order chi connectivity index (χ1) is 9.75. The SMILES string of the molecule is O=C(Nc1cccc2c(O)cccc12)C1CCCCN1. The van der Waals surface area contributed by atoms with Crippen LogP contribution in [0.4, 0.5) is 5.69 Å². The monoisotopic (exact) mass is 270 g/mol. The highest BCUT2D eigenvalue weighted by atomic mass is 16.3. The molecule has 1 atom stereocenters. The first-order valence-electron chi connectivity index (χ1n) is 7.00. The number of carbonyl (C=O) groups excluding carboxylic acids is 1. The molecule has 1 aliphatic rings. The quantitative estimate of drug-likeness (QED) is 0.786. The number of amides is 1. The van der Waals surface area contributed by atoms with Crippen LogP contribution in [0.5, 0.6) is 5.75 Å². The summed E-state index contributed by atoms with van der Waals surface area (Å²) in [7, 11) is 0. The fourth-order valence-electron chi connectivity index (χ4n) is 2.70. The molecule has 20 heavy (non-hydrogen) atoms. The van der Waals surface area contributed by atoms with Crippen LogP contribution < -0.4 is 10.6 Å². The van der Waals surface area contributed by atoms with Gasteiger partial charge >= 0.3 is 0 Å². The fraction of sp³-hybridized carbons (Fsp3) is 0.312. The van der Waals surface area contributed by atoms with Crippen molar-refractivity contribution < 1.29 is 9.90 Å². The number of hydrogen-bond donors (Lipinski definition) is 3. The summed E-state index contributed by atoms with van der Waals surface area (Å²) in [5.74, 6) is 0.231. The number of carbonyl (C=O) groups is 1. The number of phenols is 1. The Bertz CT molecular complexity index is 633. The predicted molar refractivity (Wildman–Crippen MR) is 79.9 cm³/mol. The Morgan fingerprint density at radius 2 is 1.95 bits per heavy atom. The Hall–Kier alpha value is -2.07. The number of hydrogen-bond acceptors (Lipinski definition) is 3. The van der Waals surface area contributed by atoms with E-state index in [0.29, 0.717) is 0 Å². The van der Waals surface area contributed by atoms with E-state index in [0.717, 1.165) is 42.3 Å². The third kappa shape index (κ3) is 2.47. The van der Waals surface area contributed by atoms with Gasteiger partial charge in [-0.25, -0.2) is 0 Å². The van der Waals surface area contributed by atoms with Crippen molar-refractivity contribution in [2.45, 2.75) is 25.3 Å². The number of aromatic hydroxyl groups is 1. The second-order valence-corrected chi connectivity index (χ2v) is 5.17. The van der Waals surface area contributed by atoms with E-state index in [2.05, 4.69) is 10.6 Å². The molecule has 4 nitrogen and oxygen atoms in total.